The third-order valence-electron chi connectivity index (χ3n) is 4.00. The fourth-order valence-electron chi connectivity index (χ4n) is 3.17. The van der Waals surface area contributed by atoms with Crippen LogP contribution >= 0.6 is 15.9 Å². The Labute approximate surface area is 108 Å². The van der Waals surface area contributed by atoms with E-state index in [1.54, 1.807) is 0 Å². The van der Waals surface area contributed by atoms with E-state index in [2.05, 4.69) is 28.9 Å². The minimum absolute atomic E-state index is 0.306. The van der Waals surface area contributed by atoms with Gasteiger partial charge in [0.1, 0.15) is 0 Å². The molecule has 0 aromatic rings. The molecule has 0 radical (unpaired) electrons. The van der Waals surface area contributed by atoms with E-state index in [0.29, 0.717) is 11.7 Å². The van der Waals surface area contributed by atoms with Gasteiger partial charge in [0.2, 0.25) is 0 Å². The molecule has 1 saturated heterocycles. The third kappa shape index (κ3) is 3.10. The van der Waals surface area contributed by atoms with Gasteiger partial charge in [0.05, 0.1) is 11.7 Å². The molecule has 1 nitrogen and oxygen atoms in total. The minimum Gasteiger partial charge on any atom is -0.371 e. The number of alkyl halides is 1. The molecule has 0 bridgehead atoms. The Morgan fingerprint density at radius 1 is 1.38 bits per heavy atom. The molecule has 0 aromatic carbocycles. The molecule has 1 aliphatic carbocycles. The molecule has 1 unspecified atom stereocenters. The summed E-state index contributed by atoms with van der Waals surface area (Å²) >= 11 is 3.46. The summed E-state index contributed by atoms with van der Waals surface area (Å²) in [4.78, 5) is 0. The summed E-state index contributed by atoms with van der Waals surface area (Å²) < 4.78 is 6.31. The van der Waals surface area contributed by atoms with E-state index in [1.165, 1.54) is 44.1 Å². The zero-order chi connectivity index (χ0) is 11.4. The lowest BCUT2D eigenvalue weighted by Crippen LogP contribution is -2.24. The lowest BCUT2D eigenvalue weighted by atomic mass is 9.97. The number of rotatable bonds is 4. The Hall–Kier alpha value is 0.180. The molecule has 16 heavy (non-hydrogen) atoms. The zero-order valence-corrected chi connectivity index (χ0v) is 11.9. The zero-order valence-electron chi connectivity index (χ0n) is 10.3. The molecule has 2 aliphatic rings. The van der Waals surface area contributed by atoms with Crippen molar-refractivity contribution < 1.29 is 4.74 Å². The molecule has 2 rings (SSSR count). The van der Waals surface area contributed by atoms with Crippen molar-refractivity contribution in [3.05, 3.63) is 11.6 Å². The van der Waals surface area contributed by atoms with Crippen molar-refractivity contribution in [2.75, 3.05) is 5.33 Å². The van der Waals surface area contributed by atoms with Crippen molar-refractivity contribution in [1.29, 1.82) is 0 Å². The van der Waals surface area contributed by atoms with Crippen LogP contribution in [0.5, 0.6) is 0 Å². The summed E-state index contributed by atoms with van der Waals surface area (Å²) in [5, 5.41) is 1.07. The van der Waals surface area contributed by atoms with Crippen LogP contribution in [0, 0.1) is 0 Å². The van der Waals surface area contributed by atoms with Gasteiger partial charge in [-0.15, -0.1) is 0 Å². The summed E-state index contributed by atoms with van der Waals surface area (Å²) in [6.45, 7) is 2.24. The first-order valence-corrected chi connectivity index (χ1v) is 7.76. The molecular weight excluding hydrogens is 264 g/mol. The Morgan fingerprint density at radius 3 is 2.81 bits per heavy atom. The van der Waals surface area contributed by atoms with E-state index in [1.807, 2.05) is 0 Å². The van der Waals surface area contributed by atoms with Gasteiger partial charge < -0.3 is 4.74 Å². The summed E-state index contributed by atoms with van der Waals surface area (Å²) in [5.41, 5.74) is 1.81. The highest BCUT2D eigenvalue weighted by Gasteiger charge is 2.41. The Morgan fingerprint density at radius 2 is 2.12 bits per heavy atom. The van der Waals surface area contributed by atoms with Gasteiger partial charge in [-0.1, -0.05) is 40.4 Å². The maximum absolute atomic E-state index is 6.31. The highest BCUT2D eigenvalue weighted by atomic mass is 79.9. The van der Waals surface area contributed by atoms with Gasteiger partial charge in [0.25, 0.3) is 0 Å². The Balaban J connectivity index is 1.80. The fourth-order valence-corrected chi connectivity index (χ4v) is 3.40. The van der Waals surface area contributed by atoms with E-state index in [9.17, 15) is 0 Å². The van der Waals surface area contributed by atoms with Crippen LogP contribution in [-0.2, 0) is 4.74 Å². The lowest BCUT2D eigenvalue weighted by Gasteiger charge is -2.23. The van der Waals surface area contributed by atoms with Gasteiger partial charge in [-0.3, -0.25) is 0 Å². The van der Waals surface area contributed by atoms with Crippen LogP contribution in [0.3, 0.4) is 0 Å². The van der Waals surface area contributed by atoms with Crippen LogP contribution in [0.15, 0.2) is 11.6 Å². The molecule has 92 valence electrons. The summed E-state index contributed by atoms with van der Waals surface area (Å²) in [5.74, 6) is 0. The first-order chi connectivity index (χ1) is 7.74. The number of ether oxygens (including phenoxy) is 1. The van der Waals surface area contributed by atoms with Gasteiger partial charge in [0, 0.05) is 5.33 Å². The van der Waals surface area contributed by atoms with Crippen LogP contribution in [-0.4, -0.2) is 17.0 Å². The highest BCUT2D eigenvalue weighted by Crippen LogP contribution is 2.44. The average molecular weight is 287 g/mol. The smallest absolute Gasteiger partial charge is 0.0687 e. The summed E-state index contributed by atoms with van der Waals surface area (Å²) in [6.07, 6.45) is 13.1. The molecule has 0 aromatic heterocycles. The normalized spacial score (nSPS) is 29.1. The topological polar surface area (TPSA) is 9.23 Å². The van der Waals surface area contributed by atoms with Crippen LogP contribution in [0.25, 0.3) is 0 Å². The van der Waals surface area contributed by atoms with Crippen molar-refractivity contribution >= 4 is 15.9 Å². The number of allylic oxidation sites excluding steroid dienone is 1. The Kier molecular flexibility index (Phi) is 4.48. The molecule has 1 saturated carbocycles. The monoisotopic (exact) mass is 286 g/mol. The van der Waals surface area contributed by atoms with Crippen LogP contribution in [0.4, 0.5) is 0 Å². The largest absolute Gasteiger partial charge is 0.371 e. The van der Waals surface area contributed by atoms with Crippen molar-refractivity contribution in [1.82, 2.24) is 0 Å². The molecule has 2 fully saturated rings. The van der Waals surface area contributed by atoms with Gasteiger partial charge >= 0.3 is 0 Å². The third-order valence-corrected chi connectivity index (χ3v) is 4.46. The van der Waals surface area contributed by atoms with E-state index < -0.39 is 0 Å². The maximum atomic E-state index is 6.31. The van der Waals surface area contributed by atoms with E-state index in [0.717, 1.165) is 18.2 Å². The van der Waals surface area contributed by atoms with Crippen molar-refractivity contribution in [2.45, 2.75) is 70.0 Å². The predicted molar refractivity (Wildman–Crippen MR) is 72.1 cm³/mol. The quantitative estimate of drug-likeness (QED) is 0.542. The molecule has 1 aliphatic heterocycles. The minimum atomic E-state index is 0.306. The lowest BCUT2D eigenvalue weighted by molar-refractivity contribution is -0.0354. The van der Waals surface area contributed by atoms with E-state index in [4.69, 9.17) is 4.74 Å². The first kappa shape index (κ1) is 12.6. The van der Waals surface area contributed by atoms with Crippen LogP contribution in [0.2, 0.25) is 0 Å². The van der Waals surface area contributed by atoms with Crippen molar-refractivity contribution in [3.8, 4) is 0 Å². The number of hydrogen-bond acceptors (Lipinski definition) is 1. The van der Waals surface area contributed by atoms with Crippen molar-refractivity contribution in [2.24, 2.45) is 0 Å². The second kappa shape index (κ2) is 5.68. The van der Waals surface area contributed by atoms with Crippen LogP contribution < -0.4 is 0 Å². The standard InChI is InChI=1S/C14H23BrO/c1-12(5-4-10-15)11-13-6-9-14(16-13)7-2-3-8-14/h5,13H,2-4,6-11H2,1H3. The second-order valence-electron chi connectivity index (χ2n) is 5.40. The summed E-state index contributed by atoms with van der Waals surface area (Å²) in [6, 6.07) is 0. The van der Waals surface area contributed by atoms with Gasteiger partial charge in [-0.25, -0.2) is 0 Å². The molecule has 1 atom stereocenters. The molecule has 1 heterocycles. The van der Waals surface area contributed by atoms with Gasteiger partial charge in [-0.05, 0) is 45.4 Å². The first-order valence-electron chi connectivity index (χ1n) is 6.63. The van der Waals surface area contributed by atoms with E-state index in [-0.39, 0.29) is 0 Å². The molecular formula is C14H23BrO. The highest BCUT2D eigenvalue weighted by molar-refractivity contribution is 9.09. The molecule has 2 heteroatoms. The van der Waals surface area contributed by atoms with Crippen molar-refractivity contribution in [3.63, 3.8) is 0 Å². The SMILES string of the molecule is CC(=CCCBr)CC1CCC2(CCCC2)O1. The molecule has 0 amide bonds. The number of hydrogen-bond donors (Lipinski definition) is 0. The second-order valence-corrected chi connectivity index (χ2v) is 6.19. The predicted octanol–water partition coefficient (Wildman–Crippen LogP) is 4.60. The van der Waals surface area contributed by atoms with Crippen LogP contribution in [0.1, 0.15) is 58.3 Å². The molecule has 0 N–H and O–H groups in total. The molecule has 1 spiro atoms. The van der Waals surface area contributed by atoms with Gasteiger partial charge in [0.15, 0.2) is 0 Å². The van der Waals surface area contributed by atoms with E-state index >= 15 is 0 Å². The fraction of sp³-hybridized carbons (Fsp3) is 0.857. The van der Waals surface area contributed by atoms with Gasteiger partial charge in [-0.2, -0.15) is 0 Å². The number of halogens is 1. The Bertz CT molecular complexity index is 253. The average Bonchev–Trinajstić information content (AvgIpc) is 2.87. The maximum Gasteiger partial charge on any atom is 0.0687 e. The summed E-state index contributed by atoms with van der Waals surface area (Å²) in [7, 11) is 0.